The largest absolute Gasteiger partial charge is 0.395 e. The van der Waals surface area contributed by atoms with Crippen LogP contribution in [-0.2, 0) is 11.8 Å². The molecule has 1 unspecified atom stereocenters. The topological polar surface area (TPSA) is 20.2 Å². The van der Waals surface area contributed by atoms with Crippen LogP contribution in [0.25, 0.3) is 0 Å². The molecular weight excluding hydrogens is 192 g/mol. The minimum absolute atomic E-state index is 0.0759. The highest BCUT2D eigenvalue weighted by molar-refractivity contribution is 7.10. The fourth-order valence-electron chi connectivity index (χ4n) is 2.47. The van der Waals surface area contributed by atoms with Crippen LogP contribution in [0, 0.1) is 5.41 Å². The molecule has 0 aliphatic heterocycles. The third-order valence-corrected chi connectivity index (χ3v) is 4.91. The number of aryl methyl sites for hydroxylation is 1. The minimum Gasteiger partial charge on any atom is -0.395 e. The van der Waals surface area contributed by atoms with Gasteiger partial charge in [0, 0.05) is 10.3 Å². The van der Waals surface area contributed by atoms with E-state index in [-0.39, 0.29) is 10.8 Å². The van der Waals surface area contributed by atoms with E-state index in [0.29, 0.717) is 6.61 Å². The van der Waals surface area contributed by atoms with Crippen LogP contribution in [0.3, 0.4) is 0 Å². The number of hydrogen-bond donors (Lipinski definition) is 1. The lowest BCUT2D eigenvalue weighted by atomic mass is 9.92. The van der Waals surface area contributed by atoms with Crippen LogP contribution in [0.2, 0.25) is 0 Å². The van der Waals surface area contributed by atoms with Gasteiger partial charge in [0.1, 0.15) is 0 Å². The Hall–Kier alpha value is -0.340. The second-order valence-corrected chi connectivity index (χ2v) is 5.85. The van der Waals surface area contributed by atoms with Gasteiger partial charge in [0.05, 0.1) is 6.61 Å². The van der Waals surface area contributed by atoms with Crippen molar-refractivity contribution in [2.45, 2.75) is 39.0 Å². The van der Waals surface area contributed by atoms with E-state index in [0.717, 1.165) is 12.8 Å². The predicted molar refractivity (Wildman–Crippen MR) is 60.9 cm³/mol. The molecule has 1 saturated carbocycles. The van der Waals surface area contributed by atoms with Gasteiger partial charge in [-0.3, -0.25) is 0 Å². The highest BCUT2D eigenvalue weighted by Crippen LogP contribution is 2.65. The lowest BCUT2D eigenvalue weighted by Crippen LogP contribution is -2.19. The van der Waals surface area contributed by atoms with Gasteiger partial charge in [0.2, 0.25) is 0 Å². The molecule has 0 amide bonds. The van der Waals surface area contributed by atoms with E-state index in [1.807, 2.05) is 11.3 Å². The summed E-state index contributed by atoms with van der Waals surface area (Å²) in [6, 6.07) is 2.20. The second kappa shape index (κ2) is 3.07. The van der Waals surface area contributed by atoms with Gasteiger partial charge in [-0.25, -0.2) is 0 Å². The van der Waals surface area contributed by atoms with Crippen molar-refractivity contribution in [3.8, 4) is 0 Å². The Balaban J connectivity index is 2.40. The molecule has 0 bridgehead atoms. The molecule has 1 aliphatic rings. The first kappa shape index (κ1) is 10.2. The van der Waals surface area contributed by atoms with E-state index >= 15 is 0 Å². The highest BCUT2D eigenvalue weighted by Gasteiger charge is 2.62. The smallest absolute Gasteiger partial charge is 0.0541 e. The molecule has 1 N–H and O–H groups in total. The van der Waals surface area contributed by atoms with E-state index in [1.165, 1.54) is 10.4 Å². The molecule has 1 fully saturated rings. The van der Waals surface area contributed by atoms with Gasteiger partial charge in [0.15, 0.2) is 0 Å². The Morgan fingerprint density at radius 1 is 1.50 bits per heavy atom. The van der Waals surface area contributed by atoms with E-state index in [9.17, 15) is 5.11 Å². The van der Waals surface area contributed by atoms with Crippen LogP contribution in [-0.4, -0.2) is 11.7 Å². The zero-order chi connectivity index (χ0) is 10.4. The summed E-state index contributed by atoms with van der Waals surface area (Å²) in [4.78, 5) is 1.42. The number of aliphatic hydroxyl groups is 1. The van der Waals surface area contributed by atoms with Gasteiger partial charge in [-0.05, 0) is 35.3 Å². The van der Waals surface area contributed by atoms with Crippen molar-refractivity contribution in [1.82, 2.24) is 0 Å². The van der Waals surface area contributed by atoms with E-state index in [1.54, 1.807) is 0 Å². The molecule has 2 heteroatoms. The molecule has 0 aromatic carbocycles. The monoisotopic (exact) mass is 210 g/mol. The summed E-state index contributed by atoms with van der Waals surface area (Å²) in [7, 11) is 0. The average Bonchev–Trinajstić information content (AvgIpc) is 2.56. The third kappa shape index (κ3) is 1.17. The van der Waals surface area contributed by atoms with Crippen molar-refractivity contribution in [2.24, 2.45) is 5.41 Å². The van der Waals surface area contributed by atoms with Gasteiger partial charge in [-0.15, -0.1) is 11.3 Å². The quantitative estimate of drug-likeness (QED) is 0.813. The zero-order valence-corrected chi connectivity index (χ0v) is 9.95. The summed E-state index contributed by atoms with van der Waals surface area (Å²) >= 11 is 1.81. The summed E-state index contributed by atoms with van der Waals surface area (Å²) in [5, 5.41) is 11.7. The zero-order valence-electron chi connectivity index (χ0n) is 9.13. The van der Waals surface area contributed by atoms with Crippen LogP contribution in [0.4, 0.5) is 0 Å². The van der Waals surface area contributed by atoms with E-state index in [4.69, 9.17) is 0 Å². The van der Waals surface area contributed by atoms with Gasteiger partial charge in [-0.1, -0.05) is 20.8 Å². The maximum absolute atomic E-state index is 9.59. The molecular formula is C12H18OS. The Morgan fingerprint density at radius 2 is 2.14 bits per heavy atom. The fourth-order valence-corrected chi connectivity index (χ4v) is 3.84. The Kier molecular flexibility index (Phi) is 2.24. The van der Waals surface area contributed by atoms with Crippen LogP contribution < -0.4 is 0 Å². The molecule has 0 spiro atoms. The number of hydrogen-bond acceptors (Lipinski definition) is 2. The molecule has 0 saturated heterocycles. The van der Waals surface area contributed by atoms with Crippen LogP contribution >= 0.6 is 11.3 Å². The highest BCUT2D eigenvalue weighted by atomic mass is 32.1. The minimum atomic E-state index is 0.0759. The Labute approximate surface area is 89.8 Å². The summed E-state index contributed by atoms with van der Waals surface area (Å²) in [5.74, 6) is 0. The molecule has 2 rings (SSSR count). The van der Waals surface area contributed by atoms with Gasteiger partial charge >= 0.3 is 0 Å². The first-order valence-corrected chi connectivity index (χ1v) is 6.13. The van der Waals surface area contributed by atoms with Crippen molar-refractivity contribution < 1.29 is 5.11 Å². The molecule has 1 heterocycles. The number of thiophene rings is 1. The standard InChI is InChI=1S/C12H18OS/c1-4-9-5-6-14-10(9)12(8-13)7-11(12,2)3/h5-6,13H,4,7-8H2,1-3H3. The molecule has 1 atom stereocenters. The summed E-state index contributed by atoms with van der Waals surface area (Å²) in [5.41, 5.74) is 1.79. The molecule has 14 heavy (non-hydrogen) atoms. The normalized spacial score (nSPS) is 29.1. The third-order valence-electron chi connectivity index (χ3n) is 3.75. The molecule has 1 aliphatic carbocycles. The lowest BCUT2D eigenvalue weighted by molar-refractivity contribution is 0.233. The van der Waals surface area contributed by atoms with Crippen molar-refractivity contribution in [3.63, 3.8) is 0 Å². The van der Waals surface area contributed by atoms with Crippen molar-refractivity contribution in [2.75, 3.05) is 6.61 Å². The molecule has 1 aromatic heterocycles. The van der Waals surface area contributed by atoms with Crippen molar-refractivity contribution in [3.05, 3.63) is 21.9 Å². The molecule has 0 radical (unpaired) electrons. The Morgan fingerprint density at radius 3 is 2.57 bits per heavy atom. The molecule has 78 valence electrons. The fraction of sp³-hybridized carbons (Fsp3) is 0.667. The summed E-state index contributed by atoms with van der Waals surface area (Å²) < 4.78 is 0. The van der Waals surface area contributed by atoms with E-state index < -0.39 is 0 Å². The first-order valence-electron chi connectivity index (χ1n) is 5.25. The Bertz CT molecular complexity index is 340. The van der Waals surface area contributed by atoms with Crippen molar-refractivity contribution >= 4 is 11.3 Å². The van der Waals surface area contributed by atoms with Crippen molar-refractivity contribution in [1.29, 1.82) is 0 Å². The SMILES string of the molecule is CCc1ccsc1C1(CO)CC1(C)C. The summed E-state index contributed by atoms with van der Waals surface area (Å²) in [6.45, 7) is 6.99. The predicted octanol–water partition coefficient (Wildman–Crippen LogP) is 2.97. The molecule has 1 nitrogen and oxygen atoms in total. The van der Waals surface area contributed by atoms with Crippen LogP contribution in [0.15, 0.2) is 11.4 Å². The van der Waals surface area contributed by atoms with Gasteiger partial charge in [0.25, 0.3) is 0 Å². The number of aliphatic hydroxyl groups excluding tert-OH is 1. The lowest BCUT2D eigenvalue weighted by Gasteiger charge is -2.18. The van der Waals surface area contributed by atoms with Crippen LogP contribution in [0.5, 0.6) is 0 Å². The number of rotatable bonds is 3. The second-order valence-electron chi connectivity index (χ2n) is 4.93. The molecule has 1 aromatic rings. The van der Waals surface area contributed by atoms with Gasteiger partial charge < -0.3 is 5.11 Å². The average molecular weight is 210 g/mol. The maximum Gasteiger partial charge on any atom is 0.0541 e. The maximum atomic E-state index is 9.59. The van der Waals surface area contributed by atoms with Crippen LogP contribution in [0.1, 0.15) is 37.6 Å². The van der Waals surface area contributed by atoms with Gasteiger partial charge in [-0.2, -0.15) is 0 Å². The van der Waals surface area contributed by atoms with E-state index in [2.05, 4.69) is 32.2 Å². The summed E-state index contributed by atoms with van der Waals surface area (Å²) in [6.07, 6.45) is 2.21. The first-order chi connectivity index (χ1) is 6.57.